The van der Waals surface area contributed by atoms with Gasteiger partial charge < -0.3 is 11.1 Å². The van der Waals surface area contributed by atoms with Gasteiger partial charge >= 0.3 is 6.18 Å². The summed E-state index contributed by atoms with van der Waals surface area (Å²) in [6.45, 7) is 1.82. The molecule has 0 spiro atoms. The molecule has 0 saturated carbocycles. The number of benzene rings is 1. The first kappa shape index (κ1) is 14.8. The van der Waals surface area contributed by atoms with E-state index in [4.69, 9.17) is 5.73 Å². The van der Waals surface area contributed by atoms with E-state index in [9.17, 15) is 18.0 Å². The quantitative estimate of drug-likeness (QED) is 0.836. The molecule has 7 heteroatoms. The van der Waals surface area contributed by atoms with Crippen LogP contribution in [0.3, 0.4) is 0 Å². The lowest BCUT2D eigenvalue weighted by molar-refractivity contribution is -0.137. The molecule has 1 aromatic carbocycles. The summed E-state index contributed by atoms with van der Waals surface area (Å²) in [5.74, 6) is -0.502. The number of rotatable bonds is 2. The van der Waals surface area contributed by atoms with Crippen molar-refractivity contribution in [3.63, 3.8) is 0 Å². The standard InChI is InChI=1S/C14H12F3N3O/c1-8-2-5-12(19-7-8)20-13(21)10-6-9(14(15,16)17)3-4-11(10)18/h2-7H,18H2,1H3,(H,19,20,21). The fourth-order valence-corrected chi connectivity index (χ4v) is 1.65. The van der Waals surface area contributed by atoms with Crippen molar-refractivity contribution in [3.8, 4) is 0 Å². The molecule has 110 valence electrons. The molecule has 3 N–H and O–H groups in total. The zero-order chi connectivity index (χ0) is 15.6. The fourth-order valence-electron chi connectivity index (χ4n) is 1.65. The number of carbonyl (C=O) groups excluding carboxylic acids is 1. The van der Waals surface area contributed by atoms with Crippen LogP contribution in [0.25, 0.3) is 0 Å². The SMILES string of the molecule is Cc1ccc(NC(=O)c2cc(C(F)(F)F)ccc2N)nc1. The maximum atomic E-state index is 12.6. The molecule has 0 aliphatic carbocycles. The Morgan fingerprint density at radius 3 is 2.52 bits per heavy atom. The van der Waals surface area contributed by atoms with Gasteiger partial charge in [0.05, 0.1) is 11.1 Å². The predicted octanol–water partition coefficient (Wildman–Crippen LogP) is 3.24. The van der Waals surface area contributed by atoms with Crippen molar-refractivity contribution >= 4 is 17.4 Å². The minimum atomic E-state index is -4.54. The highest BCUT2D eigenvalue weighted by Gasteiger charge is 2.31. The lowest BCUT2D eigenvalue weighted by atomic mass is 10.1. The van der Waals surface area contributed by atoms with Crippen LogP contribution >= 0.6 is 0 Å². The van der Waals surface area contributed by atoms with Crippen molar-refractivity contribution < 1.29 is 18.0 Å². The minimum absolute atomic E-state index is 0.0346. The van der Waals surface area contributed by atoms with Gasteiger partial charge in [-0.2, -0.15) is 13.2 Å². The molecule has 0 bridgehead atoms. The van der Waals surface area contributed by atoms with Crippen molar-refractivity contribution in [1.29, 1.82) is 0 Å². The van der Waals surface area contributed by atoms with E-state index < -0.39 is 17.6 Å². The number of amides is 1. The first-order chi connectivity index (χ1) is 9.77. The number of alkyl halides is 3. The number of hydrogen-bond acceptors (Lipinski definition) is 3. The first-order valence-electron chi connectivity index (χ1n) is 5.98. The third-order valence-electron chi connectivity index (χ3n) is 2.78. The summed E-state index contributed by atoms with van der Waals surface area (Å²) in [7, 11) is 0. The van der Waals surface area contributed by atoms with Gasteiger partial charge in [0.2, 0.25) is 0 Å². The Morgan fingerprint density at radius 1 is 1.24 bits per heavy atom. The highest BCUT2D eigenvalue weighted by atomic mass is 19.4. The van der Waals surface area contributed by atoms with Gasteiger partial charge in [-0.15, -0.1) is 0 Å². The number of carbonyl (C=O) groups is 1. The number of aromatic nitrogens is 1. The summed E-state index contributed by atoms with van der Waals surface area (Å²) < 4.78 is 37.9. The summed E-state index contributed by atoms with van der Waals surface area (Å²) >= 11 is 0. The van der Waals surface area contributed by atoms with E-state index in [0.29, 0.717) is 0 Å². The summed E-state index contributed by atoms with van der Waals surface area (Å²) in [5, 5.41) is 2.41. The molecule has 2 aromatic rings. The molecule has 1 amide bonds. The van der Waals surface area contributed by atoms with Gasteiger partial charge in [0, 0.05) is 11.9 Å². The van der Waals surface area contributed by atoms with Crippen LogP contribution in [0, 0.1) is 6.92 Å². The Kier molecular flexibility index (Phi) is 3.84. The maximum Gasteiger partial charge on any atom is 0.416 e. The number of pyridine rings is 1. The lowest BCUT2D eigenvalue weighted by Crippen LogP contribution is -2.16. The van der Waals surface area contributed by atoms with Crippen LogP contribution in [0.1, 0.15) is 21.5 Å². The molecule has 0 saturated heterocycles. The van der Waals surface area contributed by atoms with Crippen molar-refractivity contribution in [2.75, 3.05) is 11.1 Å². The Balaban J connectivity index is 2.28. The summed E-state index contributed by atoms with van der Waals surface area (Å²) in [6, 6.07) is 5.88. The molecule has 0 unspecified atom stereocenters. The van der Waals surface area contributed by atoms with Gasteiger partial charge in [0.15, 0.2) is 0 Å². The minimum Gasteiger partial charge on any atom is -0.398 e. The average Bonchev–Trinajstić information content (AvgIpc) is 2.40. The summed E-state index contributed by atoms with van der Waals surface area (Å²) in [5.41, 5.74) is 5.25. The van der Waals surface area contributed by atoms with Crippen LogP contribution in [0.4, 0.5) is 24.7 Å². The van der Waals surface area contributed by atoms with Crippen LogP contribution in [-0.2, 0) is 6.18 Å². The average molecular weight is 295 g/mol. The number of aryl methyl sites for hydroxylation is 1. The molecule has 1 aromatic heterocycles. The van der Waals surface area contributed by atoms with E-state index >= 15 is 0 Å². The van der Waals surface area contributed by atoms with E-state index in [1.54, 1.807) is 12.1 Å². The van der Waals surface area contributed by atoms with Gasteiger partial charge in [-0.05, 0) is 36.8 Å². The zero-order valence-electron chi connectivity index (χ0n) is 11.0. The smallest absolute Gasteiger partial charge is 0.398 e. The lowest BCUT2D eigenvalue weighted by Gasteiger charge is -2.11. The number of nitrogens with zero attached hydrogens (tertiary/aromatic N) is 1. The summed E-state index contributed by atoms with van der Waals surface area (Å²) in [4.78, 5) is 16.0. The molecule has 0 atom stereocenters. The molecule has 2 rings (SSSR count). The van der Waals surface area contributed by atoms with Gasteiger partial charge in [0.1, 0.15) is 5.82 Å². The van der Waals surface area contributed by atoms with Crippen molar-refractivity contribution in [2.24, 2.45) is 0 Å². The molecule has 0 aliphatic heterocycles. The number of nitrogens with one attached hydrogen (secondary N) is 1. The molecule has 4 nitrogen and oxygen atoms in total. The second-order valence-electron chi connectivity index (χ2n) is 4.47. The number of anilines is 2. The Hall–Kier alpha value is -2.57. The Bertz CT molecular complexity index is 666. The van der Waals surface area contributed by atoms with Gasteiger partial charge in [-0.1, -0.05) is 6.07 Å². The zero-order valence-corrected chi connectivity index (χ0v) is 11.0. The molecule has 0 aliphatic rings. The number of halogens is 3. The molecule has 21 heavy (non-hydrogen) atoms. The largest absolute Gasteiger partial charge is 0.416 e. The normalized spacial score (nSPS) is 11.2. The van der Waals surface area contributed by atoms with E-state index in [0.717, 1.165) is 23.8 Å². The topological polar surface area (TPSA) is 68.0 Å². The second kappa shape index (κ2) is 5.43. The van der Waals surface area contributed by atoms with Crippen LogP contribution in [0.5, 0.6) is 0 Å². The monoisotopic (exact) mass is 295 g/mol. The molecular weight excluding hydrogens is 283 g/mol. The Labute approximate surface area is 118 Å². The third-order valence-corrected chi connectivity index (χ3v) is 2.78. The van der Waals surface area contributed by atoms with E-state index in [1.165, 1.54) is 6.20 Å². The molecular formula is C14H12F3N3O. The predicted molar refractivity (Wildman–Crippen MR) is 72.8 cm³/mol. The van der Waals surface area contributed by atoms with E-state index in [1.807, 2.05) is 6.92 Å². The van der Waals surface area contributed by atoms with Crippen LogP contribution in [-0.4, -0.2) is 10.9 Å². The molecule has 0 fully saturated rings. The van der Waals surface area contributed by atoms with E-state index in [-0.39, 0.29) is 17.1 Å². The van der Waals surface area contributed by atoms with Crippen molar-refractivity contribution in [3.05, 3.63) is 53.2 Å². The number of nitrogen functional groups attached to an aromatic ring is 1. The van der Waals surface area contributed by atoms with Gasteiger partial charge in [-0.3, -0.25) is 4.79 Å². The highest BCUT2D eigenvalue weighted by Crippen LogP contribution is 2.31. The third kappa shape index (κ3) is 3.50. The molecule has 0 radical (unpaired) electrons. The van der Waals surface area contributed by atoms with Crippen LogP contribution < -0.4 is 11.1 Å². The summed E-state index contributed by atoms with van der Waals surface area (Å²) in [6.07, 6.45) is -3.00. The highest BCUT2D eigenvalue weighted by molar-refractivity contribution is 6.07. The maximum absolute atomic E-state index is 12.6. The van der Waals surface area contributed by atoms with E-state index in [2.05, 4.69) is 10.3 Å². The number of hydrogen-bond donors (Lipinski definition) is 2. The van der Waals surface area contributed by atoms with Crippen molar-refractivity contribution in [1.82, 2.24) is 4.98 Å². The van der Waals surface area contributed by atoms with Crippen molar-refractivity contribution in [2.45, 2.75) is 13.1 Å². The van der Waals surface area contributed by atoms with Crippen LogP contribution in [0.2, 0.25) is 0 Å². The Morgan fingerprint density at radius 2 is 1.95 bits per heavy atom. The number of nitrogens with two attached hydrogens (primary N) is 1. The van der Waals surface area contributed by atoms with Gasteiger partial charge in [-0.25, -0.2) is 4.98 Å². The fraction of sp³-hybridized carbons (Fsp3) is 0.143. The van der Waals surface area contributed by atoms with Gasteiger partial charge in [0.25, 0.3) is 5.91 Å². The van der Waals surface area contributed by atoms with Crippen LogP contribution in [0.15, 0.2) is 36.5 Å². The molecule has 1 heterocycles. The second-order valence-corrected chi connectivity index (χ2v) is 4.47. The first-order valence-corrected chi connectivity index (χ1v) is 5.98.